The number of aryl methyl sites for hydroxylation is 1. The normalized spacial score (nSPS) is 12.0. The Morgan fingerprint density at radius 2 is 1.79 bits per heavy atom. The van der Waals surface area contributed by atoms with Gasteiger partial charge in [-0.2, -0.15) is 4.98 Å². The number of fused-ring (bicyclic) bond motifs is 1. The number of hydrogen-bond donors (Lipinski definition) is 2. The summed E-state index contributed by atoms with van der Waals surface area (Å²) in [6.07, 6.45) is 1.73. The molecule has 0 saturated heterocycles. The Hall–Kier alpha value is -3.48. The van der Waals surface area contributed by atoms with Crippen LogP contribution in [0.25, 0.3) is 0 Å². The van der Waals surface area contributed by atoms with Gasteiger partial charge in [-0.05, 0) is 62.7 Å². The van der Waals surface area contributed by atoms with Crippen LogP contribution in [0.4, 0.5) is 28.8 Å². The standard InChI is InChI=1S/C22H25N5O2/c1-4-27(5-2)17-7-8-18(15(3)12-17)25-22-23-11-10-21(26-22)24-16-6-9-19-20(13-16)29-14-28-19/h6-13H,4-5,14H2,1-3H3,(H2,23,24,25,26). The van der Waals surface area contributed by atoms with Crippen molar-refractivity contribution in [3.05, 3.63) is 54.2 Å². The van der Waals surface area contributed by atoms with Gasteiger partial charge in [-0.15, -0.1) is 0 Å². The van der Waals surface area contributed by atoms with Gasteiger partial charge in [0.2, 0.25) is 12.7 Å². The molecule has 0 bridgehead atoms. The summed E-state index contributed by atoms with van der Waals surface area (Å²) in [4.78, 5) is 11.2. The lowest BCUT2D eigenvalue weighted by atomic mass is 10.1. The van der Waals surface area contributed by atoms with Crippen LogP contribution in [0.15, 0.2) is 48.7 Å². The highest BCUT2D eigenvalue weighted by atomic mass is 16.7. The second kappa shape index (κ2) is 8.26. The van der Waals surface area contributed by atoms with Crippen molar-refractivity contribution in [3.8, 4) is 11.5 Å². The van der Waals surface area contributed by atoms with Crippen LogP contribution in [0.1, 0.15) is 19.4 Å². The lowest BCUT2D eigenvalue weighted by molar-refractivity contribution is 0.174. The fourth-order valence-electron chi connectivity index (χ4n) is 3.30. The van der Waals surface area contributed by atoms with Gasteiger partial charge >= 0.3 is 0 Å². The minimum Gasteiger partial charge on any atom is -0.454 e. The van der Waals surface area contributed by atoms with Gasteiger partial charge in [-0.25, -0.2) is 4.98 Å². The first-order valence-electron chi connectivity index (χ1n) is 9.78. The van der Waals surface area contributed by atoms with Crippen LogP contribution in [-0.2, 0) is 0 Å². The summed E-state index contributed by atoms with van der Waals surface area (Å²) in [5, 5.41) is 6.60. The second-order valence-electron chi connectivity index (χ2n) is 6.76. The molecule has 2 aromatic carbocycles. The van der Waals surface area contributed by atoms with E-state index in [1.54, 1.807) is 6.20 Å². The van der Waals surface area contributed by atoms with Crippen molar-refractivity contribution < 1.29 is 9.47 Å². The molecule has 1 aliphatic rings. The van der Waals surface area contributed by atoms with E-state index in [0.717, 1.165) is 41.5 Å². The summed E-state index contributed by atoms with van der Waals surface area (Å²) in [6.45, 7) is 8.64. The zero-order valence-corrected chi connectivity index (χ0v) is 16.9. The lowest BCUT2D eigenvalue weighted by Gasteiger charge is -2.22. The molecule has 0 atom stereocenters. The molecule has 4 rings (SSSR count). The van der Waals surface area contributed by atoms with Crippen molar-refractivity contribution in [2.24, 2.45) is 0 Å². The monoisotopic (exact) mass is 391 g/mol. The molecule has 1 aromatic heterocycles. The van der Waals surface area contributed by atoms with Crippen LogP contribution < -0.4 is 25.0 Å². The number of rotatable bonds is 7. The van der Waals surface area contributed by atoms with Gasteiger partial charge in [0.05, 0.1) is 0 Å². The quantitative estimate of drug-likeness (QED) is 0.597. The first kappa shape index (κ1) is 18.9. The maximum absolute atomic E-state index is 5.42. The molecule has 0 aliphatic carbocycles. The molecule has 0 spiro atoms. The molecule has 0 saturated carbocycles. The number of anilines is 5. The molecule has 150 valence electrons. The Balaban J connectivity index is 1.49. The molecule has 0 radical (unpaired) electrons. The van der Waals surface area contributed by atoms with Gasteiger partial charge in [0.25, 0.3) is 0 Å². The molecule has 7 heteroatoms. The molecular formula is C22H25N5O2. The number of hydrogen-bond acceptors (Lipinski definition) is 7. The van der Waals surface area contributed by atoms with E-state index in [1.807, 2.05) is 24.3 Å². The molecule has 2 heterocycles. The van der Waals surface area contributed by atoms with Crippen LogP contribution in [0, 0.1) is 6.92 Å². The van der Waals surface area contributed by atoms with E-state index in [2.05, 4.69) is 64.5 Å². The second-order valence-corrected chi connectivity index (χ2v) is 6.76. The molecule has 0 fully saturated rings. The summed E-state index contributed by atoms with van der Waals surface area (Å²) in [5.74, 6) is 2.71. The summed E-state index contributed by atoms with van der Waals surface area (Å²) >= 11 is 0. The Labute approximate surface area is 170 Å². The molecule has 2 N–H and O–H groups in total. The van der Waals surface area contributed by atoms with Crippen molar-refractivity contribution >= 4 is 28.8 Å². The highest BCUT2D eigenvalue weighted by Crippen LogP contribution is 2.35. The van der Waals surface area contributed by atoms with E-state index in [0.29, 0.717) is 11.8 Å². The van der Waals surface area contributed by atoms with Crippen LogP contribution in [-0.4, -0.2) is 29.9 Å². The highest BCUT2D eigenvalue weighted by molar-refractivity contribution is 5.66. The molecule has 0 amide bonds. The Kier molecular flexibility index (Phi) is 5.37. The number of ether oxygens (including phenoxy) is 2. The Morgan fingerprint density at radius 1 is 0.966 bits per heavy atom. The van der Waals surface area contributed by atoms with Gasteiger partial charge in [0.15, 0.2) is 11.5 Å². The van der Waals surface area contributed by atoms with Gasteiger partial charge < -0.3 is 25.0 Å². The summed E-state index contributed by atoms with van der Waals surface area (Å²) in [5.41, 5.74) is 4.23. The zero-order valence-electron chi connectivity index (χ0n) is 16.9. The Bertz CT molecular complexity index is 1000. The maximum atomic E-state index is 5.42. The number of nitrogens with one attached hydrogen (secondary N) is 2. The molecule has 0 unspecified atom stereocenters. The summed E-state index contributed by atoms with van der Waals surface area (Å²) in [7, 11) is 0. The SMILES string of the molecule is CCN(CC)c1ccc(Nc2nccc(Nc3ccc4c(c3)OCO4)n2)c(C)c1. The fraction of sp³-hybridized carbons (Fsp3) is 0.273. The van der Waals surface area contributed by atoms with E-state index in [4.69, 9.17) is 9.47 Å². The van der Waals surface area contributed by atoms with Crippen LogP contribution in [0.2, 0.25) is 0 Å². The summed E-state index contributed by atoms with van der Waals surface area (Å²) < 4.78 is 10.8. The lowest BCUT2D eigenvalue weighted by Crippen LogP contribution is -2.21. The average molecular weight is 391 g/mol. The van der Waals surface area contributed by atoms with Crippen molar-refractivity contribution in [1.29, 1.82) is 0 Å². The van der Waals surface area contributed by atoms with Gasteiger partial charge in [0, 0.05) is 42.4 Å². The average Bonchev–Trinajstić information content (AvgIpc) is 3.19. The van der Waals surface area contributed by atoms with E-state index >= 15 is 0 Å². The number of benzene rings is 2. The minimum atomic E-state index is 0.257. The van der Waals surface area contributed by atoms with Crippen LogP contribution in [0.5, 0.6) is 11.5 Å². The van der Waals surface area contributed by atoms with Crippen LogP contribution >= 0.6 is 0 Å². The topological polar surface area (TPSA) is 71.5 Å². The van der Waals surface area contributed by atoms with Crippen molar-refractivity contribution in [2.45, 2.75) is 20.8 Å². The minimum absolute atomic E-state index is 0.257. The molecule has 29 heavy (non-hydrogen) atoms. The third kappa shape index (κ3) is 4.18. The molecule has 7 nitrogen and oxygen atoms in total. The van der Waals surface area contributed by atoms with Crippen molar-refractivity contribution in [2.75, 3.05) is 35.4 Å². The predicted octanol–water partition coefficient (Wildman–Crippen LogP) is 4.85. The Morgan fingerprint density at radius 3 is 2.59 bits per heavy atom. The van der Waals surface area contributed by atoms with E-state index in [1.165, 1.54) is 5.69 Å². The third-order valence-electron chi connectivity index (χ3n) is 4.89. The number of nitrogens with zero attached hydrogens (tertiary/aromatic N) is 3. The van der Waals surface area contributed by atoms with E-state index < -0.39 is 0 Å². The van der Waals surface area contributed by atoms with Crippen molar-refractivity contribution in [1.82, 2.24) is 9.97 Å². The number of aromatic nitrogens is 2. The highest BCUT2D eigenvalue weighted by Gasteiger charge is 2.13. The first-order chi connectivity index (χ1) is 14.2. The smallest absolute Gasteiger partial charge is 0.231 e. The van der Waals surface area contributed by atoms with Crippen molar-refractivity contribution in [3.63, 3.8) is 0 Å². The zero-order chi connectivity index (χ0) is 20.2. The molecule has 1 aliphatic heterocycles. The summed E-state index contributed by atoms with van der Waals surface area (Å²) in [6, 6.07) is 13.9. The first-order valence-corrected chi connectivity index (χ1v) is 9.78. The molecular weight excluding hydrogens is 366 g/mol. The maximum Gasteiger partial charge on any atom is 0.231 e. The van der Waals surface area contributed by atoms with Gasteiger partial charge in [-0.3, -0.25) is 0 Å². The van der Waals surface area contributed by atoms with Gasteiger partial charge in [-0.1, -0.05) is 0 Å². The van der Waals surface area contributed by atoms with E-state index in [-0.39, 0.29) is 6.79 Å². The van der Waals surface area contributed by atoms with Crippen LogP contribution in [0.3, 0.4) is 0 Å². The van der Waals surface area contributed by atoms with E-state index in [9.17, 15) is 0 Å². The predicted molar refractivity (Wildman–Crippen MR) is 116 cm³/mol. The fourth-order valence-corrected chi connectivity index (χ4v) is 3.30. The van der Waals surface area contributed by atoms with Gasteiger partial charge in [0.1, 0.15) is 5.82 Å². The largest absolute Gasteiger partial charge is 0.454 e. The molecule has 3 aromatic rings. The third-order valence-corrected chi connectivity index (χ3v) is 4.89.